The van der Waals surface area contributed by atoms with E-state index >= 15 is 0 Å². The average Bonchev–Trinajstić information content (AvgIpc) is 2.62. The van der Waals surface area contributed by atoms with Crippen LogP contribution in [0.25, 0.3) is 0 Å². The van der Waals surface area contributed by atoms with Crippen molar-refractivity contribution < 1.29 is 9.47 Å². The molecule has 1 unspecified atom stereocenters. The number of pyridine rings is 1. The van der Waals surface area contributed by atoms with E-state index in [4.69, 9.17) is 32.7 Å². The molecule has 1 aromatic heterocycles. The maximum Gasteiger partial charge on any atom is 0.233 e. The highest BCUT2D eigenvalue weighted by atomic mass is 35.5. The molecule has 1 heterocycles. The zero-order chi connectivity index (χ0) is 19.1. The van der Waals surface area contributed by atoms with Crippen molar-refractivity contribution in [3.63, 3.8) is 0 Å². The van der Waals surface area contributed by atoms with E-state index in [9.17, 15) is 0 Å². The fourth-order valence-corrected chi connectivity index (χ4v) is 2.29. The molecule has 0 aliphatic carbocycles. The summed E-state index contributed by atoms with van der Waals surface area (Å²) in [5.74, 6) is 1.10. The Morgan fingerprint density at radius 2 is 1.96 bits per heavy atom. The Bertz CT molecular complexity index is 751. The number of hydrogen-bond donors (Lipinski definition) is 0. The molecule has 1 atom stereocenters. The molecule has 0 N–H and O–H groups in total. The zero-order valence-electron chi connectivity index (χ0n) is 15.4. The molecule has 0 fully saturated rings. The van der Waals surface area contributed by atoms with Crippen LogP contribution in [0.2, 0.25) is 10.0 Å². The highest BCUT2D eigenvalue weighted by Crippen LogP contribution is 2.30. The first kappa shape index (κ1) is 20.3. The number of aromatic nitrogens is 1. The van der Waals surface area contributed by atoms with E-state index in [0.717, 1.165) is 18.0 Å². The van der Waals surface area contributed by atoms with E-state index in [2.05, 4.69) is 16.9 Å². The van der Waals surface area contributed by atoms with Crippen LogP contribution in [0.15, 0.2) is 35.3 Å². The van der Waals surface area contributed by atoms with Crippen molar-refractivity contribution in [1.29, 1.82) is 0 Å². The highest BCUT2D eigenvalue weighted by Gasteiger charge is 2.13. The maximum atomic E-state index is 6.30. The van der Waals surface area contributed by atoms with E-state index in [0.29, 0.717) is 28.2 Å². The van der Waals surface area contributed by atoms with Gasteiger partial charge in [0.15, 0.2) is 0 Å². The molecule has 0 radical (unpaired) electrons. The summed E-state index contributed by atoms with van der Waals surface area (Å²) >= 11 is 12.2. The summed E-state index contributed by atoms with van der Waals surface area (Å²) in [5, 5.41) is 1.08. The van der Waals surface area contributed by atoms with Crippen molar-refractivity contribution in [2.24, 2.45) is 4.99 Å². The van der Waals surface area contributed by atoms with E-state index < -0.39 is 0 Å². The molecule has 0 bridgehead atoms. The molecule has 0 aliphatic rings. The van der Waals surface area contributed by atoms with E-state index in [1.807, 2.05) is 37.9 Å². The number of rotatable bonds is 8. The van der Waals surface area contributed by atoms with Crippen LogP contribution in [0.4, 0.5) is 5.69 Å². The van der Waals surface area contributed by atoms with Crippen LogP contribution < -0.4 is 9.47 Å². The Morgan fingerprint density at radius 1 is 1.27 bits per heavy atom. The van der Waals surface area contributed by atoms with Crippen LogP contribution in [0, 0.1) is 6.92 Å². The van der Waals surface area contributed by atoms with Gasteiger partial charge in [-0.2, -0.15) is 0 Å². The number of halogens is 2. The number of nitrogens with zero attached hydrogens (tertiary/aromatic N) is 3. The number of aryl methyl sites for hydroxylation is 1. The van der Waals surface area contributed by atoms with Crippen LogP contribution in [0.5, 0.6) is 11.6 Å². The highest BCUT2D eigenvalue weighted by molar-refractivity contribution is 6.32. The largest absolute Gasteiger partial charge is 0.490 e. The Hall–Kier alpha value is -1.98. The lowest BCUT2D eigenvalue weighted by atomic mass is 10.3. The van der Waals surface area contributed by atoms with Crippen LogP contribution in [0.3, 0.4) is 0 Å². The molecule has 0 saturated heterocycles. The van der Waals surface area contributed by atoms with E-state index in [1.54, 1.807) is 24.5 Å². The van der Waals surface area contributed by atoms with Gasteiger partial charge in [0.25, 0.3) is 0 Å². The van der Waals surface area contributed by atoms with Crippen molar-refractivity contribution in [2.75, 3.05) is 20.2 Å². The fraction of sp³-hybridized carbons (Fsp3) is 0.368. The SMILES string of the molecule is CCN(C)C=Nc1cc(Cl)c(OC(C)COc2ccc(Cl)cc2)nc1C. The topological polar surface area (TPSA) is 47.0 Å². The van der Waals surface area contributed by atoms with Gasteiger partial charge in [-0.05, 0) is 51.1 Å². The molecule has 1 aromatic carbocycles. The molecule has 0 aliphatic heterocycles. The first-order valence-electron chi connectivity index (χ1n) is 8.35. The minimum atomic E-state index is -0.226. The number of aliphatic imine (C=N–C) groups is 1. The molecular weight excluding hydrogens is 373 g/mol. The van der Waals surface area contributed by atoms with Crippen LogP contribution in [-0.4, -0.2) is 42.5 Å². The Labute approximate surface area is 164 Å². The van der Waals surface area contributed by atoms with Gasteiger partial charge in [0.1, 0.15) is 23.5 Å². The zero-order valence-corrected chi connectivity index (χ0v) is 16.9. The van der Waals surface area contributed by atoms with Gasteiger partial charge in [-0.15, -0.1) is 0 Å². The first-order chi connectivity index (χ1) is 12.4. The normalized spacial score (nSPS) is 12.2. The van der Waals surface area contributed by atoms with Crippen molar-refractivity contribution in [3.8, 4) is 11.6 Å². The second kappa shape index (κ2) is 9.64. The lowest BCUT2D eigenvalue weighted by molar-refractivity contribution is 0.138. The second-order valence-corrected chi connectivity index (χ2v) is 6.73. The van der Waals surface area contributed by atoms with Crippen molar-refractivity contribution >= 4 is 35.2 Å². The third-order valence-electron chi connectivity index (χ3n) is 3.61. The third kappa shape index (κ3) is 6.07. The Kier molecular flexibility index (Phi) is 7.54. The molecule has 2 aromatic rings. The standard InChI is InChI=1S/C19H23Cl2N3O2/c1-5-24(4)12-22-18-10-17(21)19(23-14(18)3)26-13(2)11-25-16-8-6-15(20)7-9-16/h6-10,12-13H,5,11H2,1-4H3. The van der Waals surface area contributed by atoms with Gasteiger partial charge in [-0.25, -0.2) is 9.98 Å². The van der Waals surface area contributed by atoms with Gasteiger partial charge in [0.2, 0.25) is 5.88 Å². The summed E-state index contributed by atoms with van der Waals surface area (Å²) in [6, 6.07) is 8.93. The molecule has 26 heavy (non-hydrogen) atoms. The van der Waals surface area contributed by atoms with Gasteiger partial charge >= 0.3 is 0 Å². The number of ether oxygens (including phenoxy) is 2. The Balaban J connectivity index is 1.98. The van der Waals surface area contributed by atoms with Gasteiger partial charge in [-0.3, -0.25) is 0 Å². The van der Waals surface area contributed by atoms with Crippen LogP contribution in [0.1, 0.15) is 19.5 Å². The average molecular weight is 396 g/mol. The summed E-state index contributed by atoms with van der Waals surface area (Å²) in [6.45, 7) is 7.05. The third-order valence-corrected chi connectivity index (χ3v) is 4.13. The van der Waals surface area contributed by atoms with Gasteiger partial charge in [0.05, 0.1) is 17.7 Å². The number of benzene rings is 1. The molecule has 140 valence electrons. The van der Waals surface area contributed by atoms with Crippen molar-refractivity contribution in [2.45, 2.75) is 26.9 Å². The monoisotopic (exact) mass is 395 g/mol. The molecule has 0 spiro atoms. The number of hydrogen-bond acceptors (Lipinski definition) is 4. The molecule has 0 amide bonds. The summed E-state index contributed by atoms with van der Waals surface area (Å²) in [6.07, 6.45) is 1.53. The van der Waals surface area contributed by atoms with Gasteiger partial charge in [-0.1, -0.05) is 23.2 Å². The molecule has 2 rings (SSSR count). The Morgan fingerprint density at radius 3 is 2.62 bits per heavy atom. The van der Waals surface area contributed by atoms with Crippen molar-refractivity contribution in [1.82, 2.24) is 9.88 Å². The summed E-state index contributed by atoms with van der Waals surface area (Å²) in [4.78, 5) is 10.8. The minimum Gasteiger partial charge on any atom is -0.490 e. The van der Waals surface area contributed by atoms with Crippen LogP contribution in [-0.2, 0) is 0 Å². The quantitative estimate of drug-likeness (QED) is 0.457. The molecular formula is C19H23Cl2N3O2. The second-order valence-electron chi connectivity index (χ2n) is 5.89. The smallest absolute Gasteiger partial charge is 0.233 e. The van der Waals surface area contributed by atoms with Crippen molar-refractivity contribution in [3.05, 3.63) is 46.1 Å². The fourth-order valence-electron chi connectivity index (χ4n) is 1.97. The minimum absolute atomic E-state index is 0.226. The van der Waals surface area contributed by atoms with E-state index in [-0.39, 0.29) is 6.10 Å². The predicted octanol–water partition coefficient (Wildman–Crippen LogP) is 5.15. The van der Waals surface area contributed by atoms with Crippen LogP contribution >= 0.6 is 23.2 Å². The summed E-state index contributed by atoms with van der Waals surface area (Å²) in [5.41, 5.74) is 1.46. The summed E-state index contributed by atoms with van der Waals surface area (Å²) in [7, 11) is 1.95. The van der Waals surface area contributed by atoms with Gasteiger partial charge in [0, 0.05) is 18.6 Å². The molecule has 7 heteroatoms. The maximum absolute atomic E-state index is 6.30. The first-order valence-corrected chi connectivity index (χ1v) is 9.11. The van der Waals surface area contributed by atoms with Gasteiger partial charge < -0.3 is 14.4 Å². The molecule has 0 saturated carbocycles. The summed E-state index contributed by atoms with van der Waals surface area (Å²) < 4.78 is 11.5. The van der Waals surface area contributed by atoms with E-state index in [1.165, 1.54) is 0 Å². The predicted molar refractivity (Wildman–Crippen MR) is 107 cm³/mol. The lowest BCUT2D eigenvalue weighted by Gasteiger charge is -2.16. The lowest BCUT2D eigenvalue weighted by Crippen LogP contribution is -2.21. The molecule has 5 nitrogen and oxygen atoms in total.